The summed E-state index contributed by atoms with van der Waals surface area (Å²) in [5.41, 5.74) is 1.58. The van der Waals surface area contributed by atoms with Crippen molar-refractivity contribution in [2.45, 2.75) is 45.4 Å². The van der Waals surface area contributed by atoms with Gasteiger partial charge in [0.15, 0.2) is 0 Å². The van der Waals surface area contributed by atoms with Crippen LogP contribution in [0.25, 0.3) is 0 Å². The molecule has 1 N–H and O–H groups in total. The highest BCUT2D eigenvalue weighted by Gasteiger charge is 2.29. The first-order valence-electron chi connectivity index (χ1n) is 11.5. The highest BCUT2D eigenvalue weighted by Crippen LogP contribution is 2.21. The third kappa shape index (κ3) is 5.81. The van der Waals surface area contributed by atoms with Crippen molar-refractivity contribution in [3.63, 3.8) is 0 Å². The zero-order valence-corrected chi connectivity index (χ0v) is 20.0. The normalized spacial score (nSPS) is 23.3. The number of rotatable bonds is 5. The number of nitrogens with zero attached hydrogens (tertiary/aromatic N) is 2. The van der Waals surface area contributed by atoms with Crippen LogP contribution in [0.1, 0.15) is 52.3 Å². The number of hydrogen-bond acceptors (Lipinski definition) is 5. The molecule has 3 amide bonds. The summed E-state index contributed by atoms with van der Waals surface area (Å²) in [5, 5.41) is 4.89. The summed E-state index contributed by atoms with van der Waals surface area (Å²) < 4.78 is 5.71. The predicted molar refractivity (Wildman–Crippen MR) is 127 cm³/mol. The molecule has 33 heavy (non-hydrogen) atoms. The lowest BCUT2D eigenvalue weighted by Gasteiger charge is -2.35. The van der Waals surface area contributed by atoms with Crippen LogP contribution in [0.3, 0.4) is 0 Å². The average Bonchev–Trinajstić information content (AvgIpc) is 3.36. The number of benzene rings is 1. The van der Waals surface area contributed by atoms with Gasteiger partial charge in [-0.1, -0.05) is 18.2 Å². The zero-order valence-electron chi connectivity index (χ0n) is 19.2. The Hall–Kier alpha value is -2.71. The fourth-order valence-corrected chi connectivity index (χ4v) is 5.25. The Kier molecular flexibility index (Phi) is 7.45. The Morgan fingerprint density at radius 1 is 1.00 bits per heavy atom. The number of carbonyl (C=O) groups excluding carboxylic acids is 3. The summed E-state index contributed by atoms with van der Waals surface area (Å²) in [6.45, 7) is 6.68. The van der Waals surface area contributed by atoms with Crippen LogP contribution in [0.5, 0.6) is 0 Å². The van der Waals surface area contributed by atoms with Gasteiger partial charge in [0, 0.05) is 38.3 Å². The first kappa shape index (κ1) is 23.4. The minimum Gasteiger partial charge on any atom is -0.372 e. The monoisotopic (exact) mass is 469 g/mol. The average molecular weight is 470 g/mol. The zero-order chi connectivity index (χ0) is 23.4. The second-order valence-electron chi connectivity index (χ2n) is 8.95. The Bertz CT molecular complexity index is 966. The standard InChI is InChI=1S/C25H31N3O4S/c1-17-14-28(15-18(2)32-17)24(30)20-9-7-19(8-10-20)13-26-23(29)21-5-3-11-27(16-21)25(31)22-6-4-12-33-22/h4,6-10,12,17-18,21H,3,5,11,13-16H2,1-2H3,(H,26,29). The largest absolute Gasteiger partial charge is 0.372 e. The second kappa shape index (κ2) is 10.5. The predicted octanol–water partition coefficient (Wildman–Crippen LogP) is 3.17. The molecule has 2 aromatic rings. The molecule has 0 radical (unpaired) electrons. The van der Waals surface area contributed by atoms with E-state index in [4.69, 9.17) is 4.74 Å². The molecule has 0 aliphatic carbocycles. The molecule has 4 rings (SSSR count). The van der Waals surface area contributed by atoms with Crippen LogP contribution in [-0.2, 0) is 16.1 Å². The van der Waals surface area contributed by atoms with Gasteiger partial charge in [-0.2, -0.15) is 0 Å². The highest BCUT2D eigenvalue weighted by molar-refractivity contribution is 7.12. The van der Waals surface area contributed by atoms with E-state index in [0.717, 1.165) is 18.4 Å². The lowest BCUT2D eigenvalue weighted by Crippen LogP contribution is -2.48. The van der Waals surface area contributed by atoms with Crippen LogP contribution in [0, 0.1) is 5.92 Å². The first-order valence-corrected chi connectivity index (χ1v) is 12.4. The van der Waals surface area contributed by atoms with Crippen molar-refractivity contribution in [1.29, 1.82) is 0 Å². The summed E-state index contributed by atoms with van der Waals surface area (Å²) in [6, 6.07) is 11.1. The number of likely N-dealkylation sites (tertiary alicyclic amines) is 1. The van der Waals surface area contributed by atoms with E-state index in [-0.39, 0.29) is 35.8 Å². The lowest BCUT2D eigenvalue weighted by molar-refractivity contribution is -0.126. The molecule has 7 nitrogen and oxygen atoms in total. The van der Waals surface area contributed by atoms with Gasteiger partial charge < -0.3 is 19.9 Å². The van der Waals surface area contributed by atoms with Crippen LogP contribution in [0.4, 0.5) is 0 Å². The summed E-state index contributed by atoms with van der Waals surface area (Å²) in [4.78, 5) is 42.5. The van der Waals surface area contributed by atoms with Gasteiger partial charge in [0.1, 0.15) is 0 Å². The maximum atomic E-state index is 12.8. The molecule has 0 spiro atoms. The number of nitrogens with one attached hydrogen (secondary N) is 1. The molecule has 1 aromatic carbocycles. The van der Waals surface area contributed by atoms with Gasteiger partial charge in [0.2, 0.25) is 5.91 Å². The summed E-state index contributed by atoms with van der Waals surface area (Å²) in [7, 11) is 0. The highest BCUT2D eigenvalue weighted by atomic mass is 32.1. The van der Waals surface area contributed by atoms with E-state index >= 15 is 0 Å². The maximum Gasteiger partial charge on any atom is 0.263 e. The summed E-state index contributed by atoms with van der Waals surface area (Å²) in [5.74, 6) is -0.221. The van der Waals surface area contributed by atoms with E-state index in [1.165, 1.54) is 11.3 Å². The minimum atomic E-state index is -0.200. The van der Waals surface area contributed by atoms with Crippen molar-refractivity contribution in [1.82, 2.24) is 15.1 Å². The Labute approximate surface area is 198 Å². The first-order chi connectivity index (χ1) is 15.9. The fraction of sp³-hybridized carbons (Fsp3) is 0.480. The van der Waals surface area contributed by atoms with Gasteiger partial charge >= 0.3 is 0 Å². The van der Waals surface area contributed by atoms with Gasteiger partial charge in [-0.05, 0) is 55.8 Å². The smallest absolute Gasteiger partial charge is 0.263 e. The van der Waals surface area contributed by atoms with Crippen molar-refractivity contribution in [3.8, 4) is 0 Å². The van der Waals surface area contributed by atoms with E-state index in [0.29, 0.717) is 43.2 Å². The summed E-state index contributed by atoms with van der Waals surface area (Å²) >= 11 is 1.43. The number of piperidine rings is 1. The van der Waals surface area contributed by atoms with Crippen molar-refractivity contribution in [2.75, 3.05) is 26.2 Å². The molecule has 0 saturated carbocycles. The van der Waals surface area contributed by atoms with Crippen molar-refractivity contribution >= 4 is 29.1 Å². The quantitative estimate of drug-likeness (QED) is 0.730. The Morgan fingerprint density at radius 3 is 2.39 bits per heavy atom. The molecular weight excluding hydrogens is 438 g/mol. The molecule has 3 unspecified atom stereocenters. The molecule has 3 heterocycles. The fourth-order valence-electron chi connectivity index (χ4n) is 4.56. The number of morpholine rings is 1. The van der Waals surface area contributed by atoms with Crippen LogP contribution >= 0.6 is 11.3 Å². The van der Waals surface area contributed by atoms with Gasteiger partial charge in [0.05, 0.1) is 23.0 Å². The van der Waals surface area contributed by atoms with Crippen molar-refractivity contribution in [3.05, 3.63) is 57.8 Å². The van der Waals surface area contributed by atoms with E-state index in [1.807, 2.05) is 60.5 Å². The Balaban J connectivity index is 1.28. The minimum absolute atomic E-state index is 0.00490. The van der Waals surface area contributed by atoms with E-state index in [2.05, 4.69) is 5.32 Å². The molecule has 2 aliphatic heterocycles. The summed E-state index contributed by atoms with van der Waals surface area (Å²) in [6.07, 6.45) is 1.67. The second-order valence-corrected chi connectivity index (χ2v) is 9.90. The molecule has 2 fully saturated rings. The molecule has 8 heteroatoms. The van der Waals surface area contributed by atoms with Crippen LogP contribution in [0.2, 0.25) is 0 Å². The van der Waals surface area contributed by atoms with E-state index < -0.39 is 0 Å². The number of ether oxygens (including phenoxy) is 1. The molecule has 2 aliphatic rings. The van der Waals surface area contributed by atoms with Gasteiger partial charge in [-0.3, -0.25) is 14.4 Å². The molecule has 176 valence electrons. The third-order valence-electron chi connectivity index (χ3n) is 6.19. The maximum absolute atomic E-state index is 12.8. The van der Waals surface area contributed by atoms with Gasteiger partial charge in [0.25, 0.3) is 11.8 Å². The van der Waals surface area contributed by atoms with E-state index in [1.54, 1.807) is 4.90 Å². The molecule has 1 aromatic heterocycles. The topological polar surface area (TPSA) is 79.0 Å². The Morgan fingerprint density at radius 2 is 1.73 bits per heavy atom. The number of thiophene rings is 1. The van der Waals surface area contributed by atoms with Crippen LogP contribution in [-0.4, -0.2) is 65.9 Å². The molecule has 2 saturated heterocycles. The molecule has 3 atom stereocenters. The molecular formula is C25H31N3O4S. The van der Waals surface area contributed by atoms with Gasteiger partial charge in [-0.25, -0.2) is 0 Å². The number of carbonyl (C=O) groups is 3. The van der Waals surface area contributed by atoms with Crippen molar-refractivity contribution < 1.29 is 19.1 Å². The van der Waals surface area contributed by atoms with E-state index in [9.17, 15) is 14.4 Å². The number of amides is 3. The third-order valence-corrected chi connectivity index (χ3v) is 7.04. The number of hydrogen-bond donors (Lipinski definition) is 1. The SMILES string of the molecule is CC1CN(C(=O)c2ccc(CNC(=O)C3CCCN(C(=O)c4cccs4)C3)cc2)CC(C)O1. The van der Waals surface area contributed by atoms with Crippen molar-refractivity contribution in [2.24, 2.45) is 5.92 Å². The lowest BCUT2D eigenvalue weighted by atomic mass is 9.97. The van der Waals surface area contributed by atoms with Gasteiger partial charge in [-0.15, -0.1) is 11.3 Å². The molecule has 0 bridgehead atoms. The van der Waals surface area contributed by atoms with Crippen LogP contribution in [0.15, 0.2) is 41.8 Å². The van der Waals surface area contributed by atoms with Crippen LogP contribution < -0.4 is 5.32 Å².